The van der Waals surface area contributed by atoms with Crippen LogP contribution >= 0.6 is 0 Å². The molecule has 0 saturated carbocycles. The summed E-state index contributed by atoms with van der Waals surface area (Å²) in [5, 5.41) is 2.96. The summed E-state index contributed by atoms with van der Waals surface area (Å²) in [5.74, 6) is 1.73. The number of benzene rings is 2. The number of aryl methyl sites for hydroxylation is 1. The van der Waals surface area contributed by atoms with Crippen molar-refractivity contribution in [1.82, 2.24) is 0 Å². The molecule has 3 rings (SSSR count). The molecule has 1 amide bonds. The van der Waals surface area contributed by atoms with Gasteiger partial charge in [0.15, 0.2) is 0 Å². The average Bonchev–Trinajstić information content (AvgIpc) is 2.67. The van der Waals surface area contributed by atoms with Crippen LogP contribution in [0.25, 0.3) is 0 Å². The summed E-state index contributed by atoms with van der Waals surface area (Å²) in [7, 11) is 3.19. The number of carbonyl (C=O) groups is 1. The summed E-state index contributed by atoms with van der Waals surface area (Å²) >= 11 is 0. The van der Waals surface area contributed by atoms with Gasteiger partial charge >= 0.3 is 0 Å². The standard InChI is InChI=1S/C22H28N2O3/c1-15(2)16-7-9-20-17(12-16)6-5-11-24(20)14-22(25)23-19-13-18(26-3)8-10-21(19)27-4/h7-10,12-13,15H,5-6,11,14H2,1-4H3,(H,23,25). The van der Waals surface area contributed by atoms with Gasteiger partial charge in [-0.15, -0.1) is 0 Å². The normalized spacial score (nSPS) is 13.3. The van der Waals surface area contributed by atoms with Crippen LogP contribution in [0.5, 0.6) is 11.5 Å². The lowest BCUT2D eigenvalue weighted by Gasteiger charge is -2.31. The summed E-state index contributed by atoms with van der Waals surface area (Å²) in [5.41, 5.74) is 4.47. The van der Waals surface area contributed by atoms with Crippen LogP contribution < -0.4 is 19.7 Å². The molecule has 144 valence electrons. The Kier molecular flexibility index (Phi) is 5.89. The first-order valence-corrected chi connectivity index (χ1v) is 9.41. The third-order valence-electron chi connectivity index (χ3n) is 5.00. The molecule has 5 nitrogen and oxygen atoms in total. The van der Waals surface area contributed by atoms with Crippen molar-refractivity contribution in [1.29, 1.82) is 0 Å². The molecule has 0 radical (unpaired) electrons. The fraction of sp³-hybridized carbons (Fsp3) is 0.409. The lowest BCUT2D eigenvalue weighted by atomic mass is 9.95. The minimum atomic E-state index is -0.0673. The summed E-state index contributed by atoms with van der Waals surface area (Å²) in [6, 6.07) is 12.0. The minimum Gasteiger partial charge on any atom is -0.497 e. The van der Waals surface area contributed by atoms with Gasteiger partial charge in [-0.1, -0.05) is 26.0 Å². The van der Waals surface area contributed by atoms with E-state index in [1.807, 2.05) is 6.07 Å². The van der Waals surface area contributed by atoms with Gasteiger partial charge in [0.2, 0.25) is 5.91 Å². The molecule has 1 aliphatic heterocycles. The van der Waals surface area contributed by atoms with Gasteiger partial charge in [0, 0.05) is 18.3 Å². The molecule has 0 unspecified atom stereocenters. The largest absolute Gasteiger partial charge is 0.497 e. The zero-order valence-corrected chi connectivity index (χ0v) is 16.5. The molecule has 0 atom stereocenters. The number of rotatable bonds is 6. The zero-order chi connectivity index (χ0) is 19.4. The Balaban J connectivity index is 1.74. The second kappa shape index (κ2) is 8.33. The number of hydrogen-bond donors (Lipinski definition) is 1. The van der Waals surface area contributed by atoms with Gasteiger partial charge in [-0.25, -0.2) is 0 Å². The smallest absolute Gasteiger partial charge is 0.243 e. The van der Waals surface area contributed by atoms with E-state index in [-0.39, 0.29) is 5.91 Å². The van der Waals surface area contributed by atoms with Crippen molar-refractivity contribution in [3.05, 3.63) is 47.5 Å². The van der Waals surface area contributed by atoms with E-state index in [1.54, 1.807) is 26.4 Å². The van der Waals surface area contributed by atoms with E-state index >= 15 is 0 Å². The Morgan fingerprint density at radius 3 is 2.67 bits per heavy atom. The van der Waals surface area contributed by atoms with Crippen LogP contribution in [-0.2, 0) is 11.2 Å². The summed E-state index contributed by atoms with van der Waals surface area (Å²) in [6.07, 6.45) is 2.13. The third kappa shape index (κ3) is 4.35. The van der Waals surface area contributed by atoms with E-state index < -0.39 is 0 Å². The minimum absolute atomic E-state index is 0.0673. The Labute approximate surface area is 161 Å². The quantitative estimate of drug-likeness (QED) is 0.829. The van der Waals surface area contributed by atoms with E-state index in [0.29, 0.717) is 29.6 Å². The molecule has 2 aromatic carbocycles. The van der Waals surface area contributed by atoms with Crippen molar-refractivity contribution < 1.29 is 14.3 Å². The molecule has 0 saturated heterocycles. The maximum absolute atomic E-state index is 12.7. The lowest BCUT2D eigenvalue weighted by molar-refractivity contribution is -0.115. The molecule has 0 fully saturated rings. The topological polar surface area (TPSA) is 50.8 Å². The molecule has 1 aliphatic rings. The second-order valence-corrected chi connectivity index (χ2v) is 7.18. The van der Waals surface area contributed by atoms with Crippen molar-refractivity contribution in [2.75, 3.05) is 37.5 Å². The van der Waals surface area contributed by atoms with Crippen LogP contribution in [0.4, 0.5) is 11.4 Å². The molecule has 27 heavy (non-hydrogen) atoms. The first-order chi connectivity index (χ1) is 13.0. The number of carbonyl (C=O) groups excluding carboxylic acids is 1. The number of anilines is 2. The molecule has 1 heterocycles. The molecule has 5 heteroatoms. The number of amides is 1. The first kappa shape index (κ1) is 19.1. The van der Waals surface area contributed by atoms with Crippen LogP contribution in [0.1, 0.15) is 37.3 Å². The molecule has 0 spiro atoms. The van der Waals surface area contributed by atoms with E-state index in [9.17, 15) is 4.79 Å². The fourth-order valence-corrected chi connectivity index (χ4v) is 3.49. The van der Waals surface area contributed by atoms with E-state index in [4.69, 9.17) is 9.47 Å². The monoisotopic (exact) mass is 368 g/mol. The average molecular weight is 368 g/mol. The van der Waals surface area contributed by atoms with Crippen molar-refractivity contribution in [3.63, 3.8) is 0 Å². The highest BCUT2D eigenvalue weighted by Crippen LogP contribution is 2.31. The predicted molar refractivity (Wildman–Crippen MR) is 109 cm³/mol. The number of ether oxygens (including phenoxy) is 2. The van der Waals surface area contributed by atoms with E-state index in [0.717, 1.165) is 19.4 Å². The van der Waals surface area contributed by atoms with Crippen LogP contribution in [0.15, 0.2) is 36.4 Å². The number of fused-ring (bicyclic) bond motifs is 1. The van der Waals surface area contributed by atoms with Gasteiger partial charge in [-0.05, 0) is 48.1 Å². The summed E-state index contributed by atoms with van der Waals surface area (Å²) in [6.45, 7) is 5.61. The molecular weight excluding hydrogens is 340 g/mol. The van der Waals surface area contributed by atoms with Gasteiger partial charge < -0.3 is 19.7 Å². The predicted octanol–water partition coefficient (Wildman–Crippen LogP) is 4.22. The van der Waals surface area contributed by atoms with Crippen molar-refractivity contribution in [3.8, 4) is 11.5 Å². The third-order valence-corrected chi connectivity index (χ3v) is 5.00. The number of methoxy groups -OCH3 is 2. The number of nitrogens with one attached hydrogen (secondary N) is 1. The van der Waals surface area contributed by atoms with Gasteiger partial charge in [0.1, 0.15) is 11.5 Å². The van der Waals surface area contributed by atoms with Crippen LogP contribution in [0.2, 0.25) is 0 Å². The van der Waals surface area contributed by atoms with Crippen LogP contribution in [-0.4, -0.2) is 33.2 Å². The van der Waals surface area contributed by atoms with E-state index in [2.05, 4.69) is 42.3 Å². The molecule has 0 bridgehead atoms. The van der Waals surface area contributed by atoms with Gasteiger partial charge in [-0.3, -0.25) is 4.79 Å². The highest BCUT2D eigenvalue weighted by molar-refractivity contribution is 5.95. The first-order valence-electron chi connectivity index (χ1n) is 9.41. The van der Waals surface area contributed by atoms with Crippen molar-refractivity contribution in [2.45, 2.75) is 32.6 Å². The molecule has 2 aromatic rings. The molecule has 1 N–H and O–H groups in total. The zero-order valence-electron chi connectivity index (χ0n) is 16.5. The van der Waals surface area contributed by atoms with Crippen molar-refractivity contribution >= 4 is 17.3 Å². The summed E-state index contributed by atoms with van der Waals surface area (Å²) in [4.78, 5) is 14.8. The maximum Gasteiger partial charge on any atom is 0.243 e. The van der Waals surface area contributed by atoms with Crippen molar-refractivity contribution in [2.24, 2.45) is 0 Å². The molecular formula is C22H28N2O3. The Bertz CT molecular complexity index is 817. The van der Waals surface area contributed by atoms with E-state index in [1.165, 1.54) is 16.8 Å². The Morgan fingerprint density at radius 2 is 1.96 bits per heavy atom. The second-order valence-electron chi connectivity index (χ2n) is 7.18. The number of nitrogens with zero attached hydrogens (tertiary/aromatic N) is 1. The Hall–Kier alpha value is -2.69. The SMILES string of the molecule is COc1ccc(OC)c(NC(=O)CN2CCCc3cc(C(C)C)ccc32)c1. The maximum atomic E-state index is 12.7. The van der Waals surface area contributed by atoms with Crippen LogP contribution in [0.3, 0.4) is 0 Å². The summed E-state index contributed by atoms with van der Waals surface area (Å²) < 4.78 is 10.6. The van der Waals surface area contributed by atoms with Gasteiger partial charge in [-0.2, -0.15) is 0 Å². The molecule has 0 aromatic heterocycles. The fourth-order valence-electron chi connectivity index (χ4n) is 3.49. The van der Waals surface area contributed by atoms with Gasteiger partial charge in [0.25, 0.3) is 0 Å². The highest BCUT2D eigenvalue weighted by atomic mass is 16.5. The van der Waals surface area contributed by atoms with Crippen LogP contribution in [0, 0.1) is 0 Å². The lowest BCUT2D eigenvalue weighted by Crippen LogP contribution is -2.36. The van der Waals surface area contributed by atoms with Gasteiger partial charge in [0.05, 0.1) is 26.5 Å². The Morgan fingerprint density at radius 1 is 1.15 bits per heavy atom. The highest BCUT2D eigenvalue weighted by Gasteiger charge is 2.20. The number of hydrogen-bond acceptors (Lipinski definition) is 4. The molecule has 0 aliphatic carbocycles.